The first kappa shape index (κ1) is 13.4. The number of hydrogen-bond acceptors (Lipinski definition) is 2. The van der Waals surface area contributed by atoms with Crippen LogP contribution >= 0.6 is 0 Å². The maximum atomic E-state index is 13.6. The van der Waals surface area contributed by atoms with E-state index < -0.39 is 11.6 Å². The third-order valence-electron chi connectivity index (χ3n) is 3.32. The standard InChI is InChI=1S/C17H11F2NO/c18-14-4-1-5-15(19)13(14)10-17(21)12-6-7-16-11(9-12)3-2-8-20-16/h1-9H,10H2. The van der Waals surface area contributed by atoms with E-state index in [1.54, 1.807) is 30.5 Å². The molecule has 104 valence electrons. The highest BCUT2D eigenvalue weighted by Gasteiger charge is 2.14. The van der Waals surface area contributed by atoms with Crippen molar-refractivity contribution in [2.24, 2.45) is 0 Å². The van der Waals surface area contributed by atoms with Gasteiger partial charge in [-0.2, -0.15) is 0 Å². The van der Waals surface area contributed by atoms with E-state index in [-0.39, 0.29) is 17.8 Å². The summed E-state index contributed by atoms with van der Waals surface area (Å²) in [7, 11) is 0. The molecule has 0 N–H and O–H groups in total. The van der Waals surface area contributed by atoms with Gasteiger partial charge in [0.2, 0.25) is 0 Å². The molecular weight excluding hydrogens is 272 g/mol. The van der Waals surface area contributed by atoms with Gasteiger partial charge in [-0.15, -0.1) is 0 Å². The minimum absolute atomic E-state index is 0.200. The average Bonchev–Trinajstić information content (AvgIpc) is 2.50. The van der Waals surface area contributed by atoms with E-state index in [2.05, 4.69) is 4.98 Å². The fourth-order valence-corrected chi connectivity index (χ4v) is 2.21. The van der Waals surface area contributed by atoms with Gasteiger partial charge >= 0.3 is 0 Å². The molecule has 0 fully saturated rings. The molecule has 0 aliphatic rings. The summed E-state index contributed by atoms with van der Waals surface area (Å²) in [5.41, 5.74) is 0.984. The number of pyridine rings is 1. The molecule has 0 saturated heterocycles. The maximum Gasteiger partial charge on any atom is 0.167 e. The van der Waals surface area contributed by atoms with E-state index in [9.17, 15) is 13.6 Å². The number of aromatic nitrogens is 1. The molecule has 0 atom stereocenters. The highest BCUT2D eigenvalue weighted by molar-refractivity contribution is 6.00. The number of halogens is 2. The molecule has 2 nitrogen and oxygen atoms in total. The number of ketones is 1. The summed E-state index contributed by atoms with van der Waals surface area (Å²) in [4.78, 5) is 16.4. The Kier molecular flexibility index (Phi) is 3.44. The van der Waals surface area contributed by atoms with Gasteiger partial charge in [0.15, 0.2) is 5.78 Å². The molecule has 3 aromatic rings. The van der Waals surface area contributed by atoms with E-state index >= 15 is 0 Å². The smallest absolute Gasteiger partial charge is 0.167 e. The first-order valence-electron chi connectivity index (χ1n) is 6.46. The fourth-order valence-electron chi connectivity index (χ4n) is 2.21. The van der Waals surface area contributed by atoms with Crippen LogP contribution in [-0.2, 0) is 6.42 Å². The van der Waals surface area contributed by atoms with Gasteiger partial charge < -0.3 is 0 Å². The van der Waals surface area contributed by atoms with Crippen molar-refractivity contribution >= 4 is 16.7 Å². The number of fused-ring (bicyclic) bond motifs is 1. The molecule has 1 heterocycles. The molecular formula is C17H11F2NO. The largest absolute Gasteiger partial charge is 0.294 e. The number of benzene rings is 2. The first-order valence-corrected chi connectivity index (χ1v) is 6.46. The number of carbonyl (C=O) groups excluding carboxylic acids is 1. The molecule has 0 radical (unpaired) electrons. The highest BCUT2D eigenvalue weighted by Crippen LogP contribution is 2.18. The predicted octanol–water partition coefficient (Wildman–Crippen LogP) is 3.94. The van der Waals surface area contributed by atoms with Crippen LogP contribution in [0.4, 0.5) is 8.78 Å². The summed E-state index contributed by atoms with van der Waals surface area (Å²) in [5, 5.41) is 0.817. The molecule has 0 aliphatic heterocycles. The van der Waals surface area contributed by atoms with Crippen LogP contribution in [0.15, 0.2) is 54.7 Å². The topological polar surface area (TPSA) is 30.0 Å². The van der Waals surface area contributed by atoms with E-state index in [4.69, 9.17) is 0 Å². The van der Waals surface area contributed by atoms with Crippen molar-refractivity contribution in [2.75, 3.05) is 0 Å². The Morgan fingerprint density at radius 3 is 2.52 bits per heavy atom. The average molecular weight is 283 g/mol. The van der Waals surface area contributed by atoms with Gasteiger partial charge in [0.1, 0.15) is 11.6 Å². The molecule has 21 heavy (non-hydrogen) atoms. The summed E-state index contributed by atoms with van der Waals surface area (Å²) < 4.78 is 27.2. The Bertz CT molecular complexity index is 810. The molecule has 4 heteroatoms. The molecule has 0 spiro atoms. The summed E-state index contributed by atoms with van der Waals surface area (Å²) in [6, 6.07) is 12.2. The lowest BCUT2D eigenvalue weighted by Gasteiger charge is -2.05. The third-order valence-corrected chi connectivity index (χ3v) is 3.32. The number of carbonyl (C=O) groups is 1. The van der Waals surface area contributed by atoms with Crippen molar-refractivity contribution in [3.8, 4) is 0 Å². The van der Waals surface area contributed by atoms with Gasteiger partial charge in [0, 0.05) is 29.1 Å². The highest BCUT2D eigenvalue weighted by atomic mass is 19.1. The van der Waals surface area contributed by atoms with Crippen LogP contribution in [0.5, 0.6) is 0 Å². The zero-order valence-corrected chi connectivity index (χ0v) is 11.0. The predicted molar refractivity (Wildman–Crippen MR) is 76.1 cm³/mol. The molecule has 0 bridgehead atoms. The van der Waals surface area contributed by atoms with Crippen molar-refractivity contribution in [3.63, 3.8) is 0 Å². The van der Waals surface area contributed by atoms with Crippen LogP contribution in [0.1, 0.15) is 15.9 Å². The SMILES string of the molecule is O=C(Cc1c(F)cccc1F)c1ccc2ncccc2c1. The summed E-state index contributed by atoms with van der Waals surface area (Å²) >= 11 is 0. The zero-order valence-electron chi connectivity index (χ0n) is 11.0. The van der Waals surface area contributed by atoms with Crippen molar-refractivity contribution in [3.05, 3.63) is 77.5 Å². The minimum atomic E-state index is -0.703. The van der Waals surface area contributed by atoms with Crippen molar-refractivity contribution in [2.45, 2.75) is 6.42 Å². The Morgan fingerprint density at radius 1 is 1.00 bits per heavy atom. The van der Waals surface area contributed by atoms with Crippen LogP contribution < -0.4 is 0 Å². The van der Waals surface area contributed by atoms with Gasteiger partial charge in [-0.05, 0) is 36.4 Å². The third kappa shape index (κ3) is 2.65. The Balaban J connectivity index is 1.94. The number of rotatable bonds is 3. The lowest BCUT2D eigenvalue weighted by Crippen LogP contribution is -2.07. The molecule has 0 amide bonds. The second-order valence-electron chi connectivity index (χ2n) is 4.71. The molecule has 0 aliphatic carbocycles. The molecule has 3 rings (SSSR count). The molecule has 2 aromatic carbocycles. The van der Waals surface area contributed by atoms with Crippen LogP contribution in [0.3, 0.4) is 0 Å². The number of nitrogens with zero attached hydrogens (tertiary/aromatic N) is 1. The number of Topliss-reactive ketones (excluding diaryl/α,β-unsaturated/α-hetero) is 1. The van der Waals surface area contributed by atoms with Gasteiger partial charge in [-0.1, -0.05) is 12.1 Å². The summed E-state index contributed by atoms with van der Waals surface area (Å²) in [5.74, 6) is -1.73. The van der Waals surface area contributed by atoms with Gasteiger partial charge in [0.25, 0.3) is 0 Å². The lowest BCUT2D eigenvalue weighted by molar-refractivity contribution is 0.0990. The van der Waals surface area contributed by atoms with E-state index in [1.165, 1.54) is 6.07 Å². The Morgan fingerprint density at radius 2 is 1.76 bits per heavy atom. The summed E-state index contributed by atoms with van der Waals surface area (Å²) in [6.07, 6.45) is 1.36. The van der Waals surface area contributed by atoms with Gasteiger partial charge in [-0.25, -0.2) is 8.78 Å². The fraction of sp³-hybridized carbons (Fsp3) is 0.0588. The molecule has 1 aromatic heterocycles. The van der Waals surface area contributed by atoms with Crippen LogP contribution in [-0.4, -0.2) is 10.8 Å². The van der Waals surface area contributed by atoms with E-state index in [1.807, 2.05) is 6.07 Å². The van der Waals surface area contributed by atoms with Gasteiger partial charge in [0.05, 0.1) is 5.52 Å². The zero-order chi connectivity index (χ0) is 14.8. The van der Waals surface area contributed by atoms with Crippen LogP contribution in [0.2, 0.25) is 0 Å². The summed E-state index contributed by atoms with van der Waals surface area (Å²) in [6.45, 7) is 0. The van der Waals surface area contributed by atoms with E-state index in [0.717, 1.165) is 23.0 Å². The molecule has 0 unspecified atom stereocenters. The van der Waals surface area contributed by atoms with Crippen molar-refractivity contribution in [1.29, 1.82) is 0 Å². The van der Waals surface area contributed by atoms with Gasteiger partial charge in [-0.3, -0.25) is 9.78 Å². The molecule has 0 saturated carbocycles. The van der Waals surface area contributed by atoms with Crippen LogP contribution in [0.25, 0.3) is 10.9 Å². The maximum absolute atomic E-state index is 13.6. The second kappa shape index (κ2) is 5.40. The lowest BCUT2D eigenvalue weighted by atomic mass is 10.0. The van der Waals surface area contributed by atoms with Crippen LogP contribution in [0, 0.1) is 11.6 Å². The van der Waals surface area contributed by atoms with E-state index in [0.29, 0.717) is 5.56 Å². The first-order chi connectivity index (χ1) is 10.1. The van der Waals surface area contributed by atoms with Crippen molar-refractivity contribution in [1.82, 2.24) is 4.98 Å². The minimum Gasteiger partial charge on any atom is -0.294 e. The Hall–Kier alpha value is -2.62. The quantitative estimate of drug-likeness (QED) is 0.681. The van der Waals surface area contributed by atoms with Crippen molar-refractivity contribution < 1.29 is 13.6 Å². The Labute approximate surface area is 120 Å². The second-order valence-corrected chi connectivity index (χ2v) is 4.71. The normalized spacial score (nSPS) is 10.8. The monoisotopic (exact) mass is 283 g/mol. The number of hydrogen-bond donors (Lipinski definition) is 0.